The minimum Gasteiger partial charge on any atom is -0.293 e. The topological polar surface area (TPSA) is 29.4 Å². The van der Waals surface area contributed by atoms with Crippen LogP contribution in [0.1, 0.15) is 19.8 Å². The minimum atomic E-state index is -4.48. The van der Waals surface area contributed by atoms with E-state index in [1.54, 1.807) is 6.08 Å². The third kappa shape index (κ3) is 3.04. The van der Waals surface area contributed by atoms with Gasteiger partial charge >= 0.3 is 6.18 Å². The standard InChI is InChI=1S/C10H10F3NO/c1-7(15)9-8(10(11,12)13)5-3-2-4-6-14-9/h2,4,6H,3,5H2,1H3. The number of halogens is 3. The van der Waals surface area contributed by atoms with Crippen molar-refractivity contribution in [2.24, 2.45) is 4.99 Å². The van der Waals surface area contributed by atoms with Crippen LogP contribution in [0.5, 0.6) is 0 Å². The van der Waals surface area contributed by atoms with Gasteiger partial charge in [-0.25, -0.2) is 0 Å². The quantitative estimate of drug-likeness (QED) is 0.664. The molecule has 0 aromatic heterocycles. The SMILES string of the molecule is CC(=O)C1=C(C(F)(F)F)CCC=CC=N1. The molecule has 5 heteroatoms. The summed E-state index contributed by atoms with van der Waals surface area (Å²) in [4.78, 5) is 14.6. The first-order valence-corrected chi connectivity index (χ1v) is 4.43. The van der Waals surface area contributed by atoms with E-state index in [0.29, 0.717) is 0 Å². The molecule has 2 nitrogen and oxygen atoms in total. The molecule has 0 N–H and O–H groups in total. The van der Waals surface area contributed by atoms with Gasteiger partial charge in [-0.1, -0.05) is 6.08 Å². The smallest absolute Gasteiger partial charge is 0.293 e. The van der Waals surface area contributed by atoms with Gasteiger partial charge in [0.1, 0.15) is 5.70 Å². The molecule has 0 saturated carbocycles. The number of allylic oxidation sites excluding steroid dienone is 4. The molecule has 0 aliphatic carbocycles. The van der Waals surface area contributed by atoms with Crippen LogP contribution in [0.25, 0.3) is 0 Å². The molecule has 1 rings (SSSR count). The van der Waals surface area contributed by atoms with Crippen LogP contribution < -0.4 is 0 Å². The zero-order valence-corrected chi connectivity index (χ0v) is 8.14. The Kier molecular flexibility index (Phi) is 3.44. The van der Waals surface area contributed by atoms with Gasteiger partial charge in [0.2, 0.25) is 0 Å². The summed E-state index contributed by atoms with van der Waals surface area (Å²) >= 11 is 0. The number of hydrogen-bond donors (Lipinski definition) is 0. The fraction of sp³-hybridized carbons (Fsp3) is 0.400. The maximum absolute atomic E-state index is 12.6. The first-order valence-electron chi connectivity index (χ1n) is 4.43. The monoisotopic (exact) mass is 217 g/mol. The molecule has 1 aliphatic heterocycles. The first kappa shape index (κ1) is 11.7. The zero-order chi connectivity index (χ0) is 11.5. The van der Waals surface area contributed by atoms with Crippen LogP contribution in [-0.4, -0.2) is 18.2 Å². The van der Waals surface area contributed by atoms with E-state index in [-0.39, 0.29) is 12.8 Å². The molecular formula is C10H10F3NO. The van der Waals surface area contributed by atoms with Gasteiger partial charge in [-0.05, 0) is 18.9 Å². The molecule has 0 atom stereocenters. The van der Waals surface area contributed by atoms with Gasteiger partial charge in [-0.2, -0.15) is 13.2 Å². The Bertz CT molecular complexity index is 350. The number of hydrogen-bond acceptors (Lipinski definition) is 2. The molecule has 1 heterocycles. The van der Waals surface area contributed by atoms with Crippen LogP contribution in [0, 0.1) is 0 Å². The van der Waals surface area contributed by atoms with Crippen molar-refractivity contribution in [2.75, 3.05) is 0 Å². The van der Waals surface area contributed by atoms with Gasteiger partial charge in [0.25, 0.3) is 0 Å². The second-order valence-corrected chi connectivity index (χ2v) is 3.13. The average molecular weight is 217 g/mol. The number of rotatable bonds is 1. The number of nitrogens with zero attached hydrogens (tertiary/aromatic N) is 1. The van der Waals surface area contributed by atoms with Gasteiger partial charge in [0.15, 0.2) is 5.78 Å². The second kappa shape index (κ2) is 4.42. The minimum absolute atomic E-state index is 0.202. The Morgan fingerprint density at radius 3 is 2.67 bits per heavy atom. The molecule has 0 unspecified atom stereocenters. The predicted molar refractivity (Wildman–Crippen MR) is 50.6 cm³/mol. The van der Waals surface area contributed by atoms with Crippen molar-refractivity contribution in [3.05, 3.63) is 23.4 Å². The van der Waals surface area contributed by atoms with Crippen LogP contribution in [0.4, 0.5) is 13.2 Å². The molecule has 0 saturated heterocycles. The largest absolute Gasteiger partial charge is 0.414 e. The van der Waals surface area contributed by atoms with Crippen LogP contribution in [0.3, 0.4) is 0 Å². The van der Waals surface area contributed by atoms with E-state index in [9.17, 15) is 18.0 Å². The summed E-state index contributed by atoms with van der Waals surface area (Å²) in [7, 11) is 0. The maximum atomic E-state index is 12.6. The van der Waals surface area contributed by atoms with Crippen molar-refractivity contribution in [3.63, 3.8) is 0 Å². The van der Waals surface area contributed by atoms with E-state index < -0.39 is 23.2 Å². The molecular weight excluding hydrogens is 207 g/mol. The molecule has 1 aliphatic rings. The van der Waals surface area contributed by atoms with E-state index in [4.69, 9.17) is 0 Å². The molecule has 0 amide bonds. The molecule has 82 valence electrons. The van der Waals surface area contributed by atoms with Gasteiger partial charge in [0, 0.05) is 13.1 Å². The number of carbonyl (C=O) groups excluding carboxylic acids is 1. The third-order valence-electron chi connectivity index (χ3n) is 1.95. The van der Waals surface area contributed by atoms with Gasteiger partial charge in [-0.3, -0.25) is 9.79 Å². The fourth-order valence-corrected chi connectivity index (χ4v) is 1.28. The molecule has 0 aromatic carbocycles. The molecule has 0 aromatic rings. The molecule has 0 radical (unpaired) electrons. The maximum Gasteiger partial charge on any atom is 0.414 e. The Labute approximate surface area is 85.2 Å². The lowest BCUT2D eigenvalue weighted by atomic mass is 10.0. The summed E-state index contributed by atoms with van der Waals surface area (Å²) in [5.41, 5.74) is -1.32. The lowest BCUT2D eigenvalue weighted by Gasteiger charge is -2.14. The Morgan fingerprint density at radius 2 is 2.13 bits per heavy atom. The molecule has 0 fully saturated rings. The summed E-state index contributed by atoms with van der Waals surface area (Å²) in [5, 5.41) is 0. The van der Waals surface area contributed by atoms with Crippen LogP contribution >= 0.6 is 0 Å². The third-order valence-corrected chi connectivity index (χ3v) is 1.95. The van der Waals surface area contributed by atoms with Crippen molar-refractivity contribution in [3.8, 4) is 0 Å². The molecule has 15 heavy (non-hydrogen) atoms. The van der Waals surface area contributed by atoms with Crippen molar-refractivity contribution in [1.29, 1.82) is 0 Å². The highest BCUT2D eigenvalue weighted by Gasteiger charge is 2.36. The van der Waals surface area contributed by atoms with E-state index in [0.717, 1.165) is 6.92 Å². The fourth-order valence-electron chi connectivity index (χ4n) is 1.28. The summed E-state index contributed by atoms with van der Waals surface area (Å²) < 4.78 is 37.7. The van der Waals surface area contributed by atoms with Crippen LogP contribution in [-0.2, 0) is 4.79 Å². The van der Waals surface area contributed by atoms with Gasteiger partial charge < -0.3 is 0 Å². The number of alkyl halides is 3. The van der Waals surface area contributed by atoms with Crippen molar-refractivity contribution >= 4 is 12.0 Å². The summed E-state index contributed by atoms with van der Waals surface area (Å²) in [5.74, 6) is -0.658. The highest BCUT2D eigenvalue weighted by molar-refractivity contribution is 5.96. The van der Waals surface area contributed by atoms with Gasteiger partial charge in [-0.15, -0.1) is 0 Å². The number of aliphatic imine (C=N–C) groups is 1. The van der Waals surface area contributed by atoms with Crippen LogP contribution in [0.2, 0.25) is 0 Å². The Morgan fingerprint density at radius 1 is 1.47 bits per heavy atom. The van der Waals surface area contributed by atoms with E-state index >= 15 is 0 Å². The van der Waals surface area contributed by atoms with Crippen molar-refractivity contribution in [1.82, 2.24) is 0 Å². The zero-order valence-electron chi connectivity index (χ0n) is 8.14. The number of ketones is 1. The van der Waals surface area contributed by atoms with Gasteiger partial charge in [0.05, 0.1) is 5.57 Å². The summed E-state index contributed by atoms with van der Waals surface area (Å²) in [6, 6.07) is 0. The second-order valence-electron chi connectivity index (χ2n) is 3.13. The van der Waals surface area contributed by atoms with Crippen molar-refractivity contribution < 1.29 is 18.0 Å². The Hall–Kier alpha value is -1.39. The Balaban J connectivity index is 3.22. The molecule has 0 bridgehead atoms. The summed E-state index contributed by atoms with van der Waals surface area (Å²) in [6.07, 6.45) is -0.0860. The average Bonchev–Trinajstić information content (AvgIpc) is 1.99. The lowest BCUT2D eigenvalue weighted by molar-refractivity contribution is -0.116. The number of Topliss-reactive ketones (excluding diaryl/α,β-unsaturated/α-hetero) is 1. The van der Waals surface area contributed by atoms with Crippen molar-refractivity contribution in [2.45, 2.75) is 25.9 Å². The van der Waals surface area contributed by atoms with E-state index in [1.165, 1.54) is 12.3 Å². The normalized spacial score (nSPS) is 17.6. The number of carbonyl (C=O) groups is 1. The lowest BCUT2D eigenvalue weighted by Crippen LogP contribution is -2.17. The highest BCUT2D eigenvalue weighted by Crippen LogP contribution is 2.33. The molecule has 0 spiro atoms. The van der Waals surface area contributed by atoms with E-state index in [1.807, 2.05) is 0 Å². The van der Waals surface area contributed by atoms with Crippen LogP contribution in [0.15, 0.2) is 28.4 Å². The highest BCUT2D eigenvalue weighted by atomic mass is 19.4. The van der Waals surface area contributed by atoms with E-state index in [2.05, 4.69) is 4.99 Å². The summed E-state index contributed by atoms with van der Waals surface area (Å²) in [6.45, 7) is 1.09. The first-order chi connectivity index (χ1) is 6.93. The predicted octanol–water partition coefficient (Wildman–Crippen LogP) is 2.81.